The Morgan fingerprint density at radius 2 is 2.00 bits per heavy atom. The van der Waals surface area contributed by atoms with Gasteiger partial charge in [0, 0.05) is 0 Å². The zero-order valence-electron chi connectivity index (χ0n) is 12.5. The van der Waals surface area contributed by atoms with Crippen LogP contribution in [0.25, 0.3) is 0 Å². The number of phenols is 1. The van der Waals surface area contributed by atoms with E-state index in [1.807, 2.05) is 6.07 Å². The Balaban J connectivity index is 1.73. The summed E-state index contributed by atoms with van der Waals surface area (Å²) in [5.74, 6) is 2.50. The predicted molar refractivity (Wildman–Crippen MR) is 91.4 cm³/mol. The Morgan fingerprint density at radius 3 is 2.81 bits per heavy atom. The molecule has 2 fully saturated rings. The molecule has 0 saturated heterocycles. The summed E-state index contributed by atoms with van der Waals surface area (Å²) in [7, 11) is 0. The summed E-state index contributed by atoms with van der Waals surface area (Å²) in [5.41, 5.74) is 3.00. The molecule has 3 heteroatoms. The highest BCUT2D eigenvalue weighted by molar-refractivity contribution is 14.1. The average molecular weight is 398 g/mol. The lowest BCUT2D eigenvalue weighted by atomic mass is 9.55. The number of phenolic OH excluding ortho intramolecular Hbond substituents is 1. The molecule has 0 aliphatic heterocycles. The van der Waals surface area contributed by atoms with Gasteiger partial charge in [0.25, 0.3) is 0 Å². The van der Waals surface area contributed by atoms with Crippen LogP contribution in [0.15, 0.2) is 12.1 Å². The number of hydrogen-bond acceptors (Lipinski definition) is 2. The molecule has 21 heavy (non-hydrogen) atoms. The van der Waals surface area contributed by atoms with Crippen molar-refractivity contribution in [2.24, 2.45) is 17.3 Å². The van der Waals surface area contributed by atoms with Crippen molar-refractivity contribution in [3.63, 3.8) is 0 Å². The molecule has 3 aliphatic rings. The Bertz CT molecular complexity index is 585. The van der Waals surface area contributed by atoms with Crippen molar-refractivity contribution < 1.29 is 10.2 Å². The minimum Gasteiger partial charge on any atom is -0.507 e. The van der Waals surface area contributed by atoms with Gasteiger partial charge in [-0.25, -0.2) is 0 Å². The lowest BCUT2D eigenvalue weighted by Gasteiger charge is -2.50. The molecule has 1 aromatic rings. The fraction of sp³-hybridized carbons (Fsp3) is 0.667. The molecule has 5 atom stereocenters. The van der Waals surface area contributed by atoms with E-state index in [4.69, 9.17) is 0 Å². The molecule has 1 unspecified atom stereocenters. The predicted octanol–water partition coefficient (Wildman–Crippen LogP) is 4.21. The Hall–Kier alpha value is -0.290. The van der Waals surface area contributed by atoms with Crippen molar-refractivity contribution in [3.8, 4) is 5.75 Å². The highest BCUT2D eigenvalue weighted by Crippen LogP contribution is 2.61. The van der Waals surface area contributed by atoms with E-state index in [9.17, 15) is 10.2 Å². The van der Waals surface area contributed by atoms with Crippen molar-refractivity contribution >= 4 is 22.6 Å². The lowest BCUT2D eigenvalue weighted by Crippen LogP contribution is -2.43. The van der Waals surface area contributed by atoms with Gasteiger partial charge in [0.2, 0.25) is 0 Å². The van der Waals surface area contributed by atoms with Gasteiger partial charge < -0.3 is 10.2 Å². The number of halogens is 1. The second kappa shape index (κ2) is 4.85. The third-order valence-electron chi connectivity index (χ3n) is 6.74. The minimum atomic E-state index is -0.0928. The molecule has 0 bridgehead atoms. The van der Waals surface area contributed by atoms with E-state index in [0.717, 1.165) is 28.8 Å². The van der Waals surface area contributed by atoms with Gasteiger partial charge in [-0.15, -0.1) is 0 Å². The molecule has 2 N–H and O–H groups in total. The second-order valence-electron chi connectivity index (χ2n) is 7.56. The minimum absolute atomic E-state index is 0.0928. The fourth-order valence-electron chi connectivity index (χ4n) is 5.55. The number of aliphatic hydroxyl groups excluding tert-OH is 1. The summed E-state index contributed by atoms with van der Waals surface area (Å²) in [6.07, 6.45) is 6.76. The molecule has 4 rings (SSSR count). The van der Waals surface area contributed by atoms with Gasteiger partial charge in [0.15, 0.2) is 0 Å². The summed E-state index contributed by atoms with van der Waals surface area (Å²) in [6.45, 7) is 2.32. The standard InChI is InChI=1S/C18H23IO2/c1-18-7-6-11-12(14(18)4-5-17(18)21)3-2-10-8-16(20)15(19)9-13(10)11/h8-9,11-12,14,17,20-21H,2-7H2,1H3/t11-,12?,14-,17-,18-/m0/s1. The first-order chi connectivity index (χ1) is 10.0. The number of hydrogen-bond donors (Lipinski definition) is 2. The molecule has 0 aromatic heterocycles. The third kappa shape index (κ3) is 1.99. The monoisotopic (exact) mass is 398 g/mol. The number of aliphatic hydroxyl groups is 1. The summed E-state index contributed by atoms with van der Waals surface area (Å²) in [5, 5.41) is 20.4. The van der Waals surface area contributed by atoms with E-state index < -0.39 is 0 Å². The van der Waals surface area contributed by atoms with Crippen molar-refractivity contribution in [1.82, 2.24) is 0 Å². The van der Waals surface area contributed by atoms with Crippen LogP contribution in [0.3, 0.4) is 0 Å². The smallest absolute Gasteiger partial charge is 0.129 e. The molecule has 0 amide bonds. The van der Waals surface area contributed by atoms with Crippen molar-refractivity contribution in [3.05, 3.63) is 26.8 Å². The van der Waals surface area contributed by atoms with E-state index in [2.05, 4.69) is 35.6 Å². The maximum atomic E-state index is 10.4. The van der Waals surface area contributed by atoms with Crippen LogP contribution in [0.5, 0.6) is 5.75 Å². The lowest BCUT2D eigenvalue weighted by molar-refractivity contribution is -0.0226. The molecule has 2 nitrogen and oxygen atoms in total. The summed E-state index contributed by atoms with van der Waals surface area (Å²) < 4.78 is 0.979. The normalized spacial score (nSPS) is 41.3. The van der Waals surface area contributed by atoms with Gasteiger partial charge in [0.05, 0.1) is 9.67 Å². The quantitative estimate of drug-likeness (QED) is 0.643. The Morgan fingerprint density at radius 1 is 1.19 bits per heavy atom. The maximum absolute atomic E-state index is 10.4. The molecule has 3 aliphatic carbocycles. The van der Waals surface area contributed by atoms with Crippen molar-refractivity contribution in [2.75, 3.05) is 0 Å². The van der Waals surface area contributed by atoms with E-state index in [-0.39, 0.29) is 11.5 Å². The van der Waals surface area contributed by atoms with Crippen LogP contribution in [-0.4, -0.2) is 16.3 Å². The fourth-order valence-corrected chi connectivity index (χ4v) is 6.04. The van der Waals surface area contributed by atoms with Crippen LogP contribution in [0, 0.1) is 20.8 Å². The van der Waals surface area contributed by atoms with Gasteiger partial charge in [0.1, 0.15) is 5.75 Å². The number of benzene rings is 1. The zero-order chi connectivity index (χ0) is 14.8. The highest BCUT2D eigenvalue weighted by atomic mass is 127. The van der Waals surface area contributed by atoms with Crippen LogP contribution < -0.4 is 0 Å². The van der Waals surface area contributed by atoms with E-state index in [1.165, 1.54) is 30.4 Å². The molecule has 0 radical (unpaired) electrons. The Labute approximate surface area is 140 Å². The first-order valence-electron chi connectivity index (χ1n) is 8.20. The Kier molecular flexibility index (Phi) is 3.31. The van der Waals surface area contributed by atoms with Gasteiger partial charge in [-0.3, -0.25) is 0 Å². The number of rotatable bonds is 0. The molecule has 114 valence electrons. The molecular weight excluding hydrogens is 375 g/mol. The SMILES string of the molecule is C[C@]12CC[C@@H]3c4cc(I)c(O)cc4CCC3[C@@H]1CC[C@@H]2O. The van der Waals surface area contributed by atoms with Crippen molar-refractivity contribution in [1.29, 1.82) is 0 Å². The third-order valence-corrected chi connectivity index (χ3v) is 7.61. The number of fused-ring (bicyclic) bond motifs is 5. The second-order valence-corrected chi connectivity index (χ2v) is 8.72. The zero-order valence-corrected chi connectivity index (χ0v) is 14.6. The van der Waals surface area contributed by atoms with Crippen LogP contribution in [0.4, 0.5) is 0 Å². The topological polar surface area (TPSA) is 40.5 Å². The highest BCUT2D eigenvalue weighted by Gasteiger charge is 2.54. The summed E-state index contributed by atoms with van der Waals surface area (Å²) in [4.78, 5) is 0. The molecule has 1 aromatic carbocycles. The van der Waals surface area contributed by atoms with Gasteiger partial charge in [-0.05, 0) is 108 Å². The van der Waals surface area contributed by atoms with Gasteiger partial charge in [-0.2, -0.15) is 0 Å². The molecule has 2 saturated carbocycles. The van der Waals surface area contributed by atoms with Gasteiger partial charge in [-0.1, -0.05) is 6.92 Å². The van der Waals surface area contributed by atoms with Crippen LogP contribution in [0.2, 0.25) is 0 Å². The van der Waals surface area contributed by atoms with E-state index in [0.29, 0.717) is 17.6 Å². The first-order valence-corrected chi connectivity index (χ1v) is 9.28. The van der Waals surface area contributed by atoms with E-state index in [1.54, 1.807) is 0 Å². The molecule has 0 heterocycles. The van der Waals surface area contributed by atoms with Crippen LogP contribution >= 0.6 is 22.6 Å². The van der Waals surface area contributed by atoms with Crippen molar-refractivity contribution in [2.45, 2.75) is 57.5 Å². The summed E-state index contributed by atoms with van der Waals surface area (Å²) in [6, 6.07) is 4.21. The molecule has 0 spiro atoms. The van der Waals surface area contributed by atoms with E-state index >= 15 is 0 Å². The molecular formula is C18H23IO2. The number of aromatic hydroxyl groups is 1. The number of aryl methyl sites for hydroxylation is 1. The maximum Gasteiger partial charge on any atom is 0.129 e. The van der Waals surface area contributed by atoms with Crippen LogP contribution in [-0.2, 0) is 6.42 Å². The van der Waals surface area contributed by atoms with Crippen LogP contribution in [0.1, 0.15) is 56.1 Å². The first kappa shape index (κ1) is 14.3. The summed E-state index contributed by atoms with van der Waals surface area (Å²) >= 11 is 2.24. The van der Waals surface area contributed by atoms with Gasteiger partial charge >= 0.3 is 0 Å². The average Bonchev–Trinajstić information content (AvgIpc) is 2.76. The largest absolute Gasteiger partial charge is 0.507 e.